The number of aromatic nitrogens is 7. The Morgan fingerprint density at radius 3 is 2.50 bits per heavy atom. The fourth-order valence-electron chi connectivity index (χ4n) is 3.27. The third kappa shape index (κ3) is 3.81. The zero-order valence-electron chi connectivity index (χ0n) is 17.2. The third-order valence-corrected chi connectivity index (χ3v) is 6.09. The molecule has 0 unspecified atom stereocenters. The van der Waals surface area contributed by atoms with Gasteiger partial charge in [0.1, 0.15) is 0 Å². The van der Waals surface area contributed by atoms with Crippen LogP contribution in [-0.2, 0) is 24.1 Å². The Morgan fingerprint density at radius 1 is 0.875 bits per heavy atom. The molecule has 1 N–H and O–H groups in total. The molecule has 0 bridgehead atoms. The average Bonchev–Trinajstić information content (AvgIpc) is 3.41. The summed E-state index contributed by atoms with van der Waals surface area (Å²) in [5, 5.41) is 4.12. The first-order chi connectivity index (χ1) is 15.4. The number of pyridine rings is 1. The lowest BCUT2D eigenvalue weighted by molar-refractivity contribution is 0.598. The first-order valence-electron chi connectivity index (χ1n) is 9.59. The number of hydrogen-bond acceptors (Lipinski definition) is 7. The zero-order valence-corrected chi connectivity index (χ0v) is 18.0. The summed E-state index contributed by atoms with van der Waals surface area (Å²) in [6.07, 6.45) is 11.3. The van der Waals surface area contributed by atoms with Crippen LogP contribution in [0.1, 0.15) is 0 Å². The van der Waals surface area contributed by atoms with Crippen LogP contribution in [0.25, 0.3) is 33.4 Å². The molecule has 32 heavy (non-hydrogen) atoms. The summed E-state index contributed by atoms with van der Waals surface area (Å²) in [4.78, 5) is 17.3. The van der Waals surface area contributed by atoms with Gasteiger partial charge in [-0.2, -0.15) is 13.5 Å². The molecule has 160 valence electrons. The van der Waals surface area contributed by atoms with Gasteiger partial charge in [-0.05, 0) is 23.8 Å². The Labute approximate surface area is 183 Å². The predicted molar refractivity (Wildman–Crippen MR) is 119 cm³/mol. The molecule has 0 radical (unpaired) electrons. The van der Waals surface area contributed by atoms with Gasteiger partial charge in [-0.3, -0.25) is 19.4 Å². The van der Waals surface area contributed by atoms with E-state index in [-0.39, 0.29) is 5.03 Å². The molecule has 0 saturated carbocycles. The van der Waals surface area contributed by atoms with E-state index in [2.05, 4.69) is 24.8 Å². The van der Waals surface area contributed by atoms with E-state index < -0.39 is 10.0 Å². The Bertz CT molecular complexity index is 1560. The van der Waals surface area contributed by atoms with E-state index in [4.69, 9.17) is 4.98 Å². The third-order valence-electron chi connectivity index (χ3n) is 4.82. The van der Waals surface area contributed by atoms with E-state index >= 15 is 0 Å². The first kappa shape index (κ1) is 19.8. The number of nitrogens with one attached hydrogen (secondary N) is 1. The first-order valence-corrected chi connectivity index (χ1v) is 11.1. The highest BCUT2D eigenvalue weighted by Gasteiger charge is 2.17. The minimum atomic E-state index is -3.81. The number of imidazole rings is 1. The Hall–Kier alpha value is -4.12. The van der Waals surface area contributed by atoms with Crippen molar-refractivity contribution in [1.29, 1.82) is 0 Å². The van der Waals surface area contributed by atoms with Crippen molar-refractivity contribution in [2.75, 3.05) is 4.72 Å². The normalized spacial score (nSPS) is 11.7. The molecule has 0 atom stereocenters. The standard InChI is InChI=1S/C21H18N8O2S/c1-28-12-21(24-13-28)32(30,31)27-17-5-15(7-22-9-17)14-3-4-18-19(6-14)26-20(10-23-18)16-8-25-29(2)11-16/h3-13,27H,1-2H3. The average molecular weight is 446 g/mol. The molecular weight excluding hydrogens is 428 g/mol. The SMILES string of the molecule is Cn1cnc(S(=O)(=O)Nc2cncc(-c3ccc4ncc(-c5cnn(C)c5)nc4c3)c2)c1. The quantitative estimate of drug-likeness (QED) is 0.440. The summed E-state index contributed by atoms with van der Waals surface area (Å²) in [6, 6.07) is 7.38. The van der Waals surface area contributed by atoms with E-state index in [0.29, 0.717) is 11.2 Å². The van der Waals surface area contributed by atoms with Crippen LogP contribution in [0.5, 0.6) is 0 Å². The molecule has 1 aromatic carbocycles. The van der Waals surface area contributed by atoms with Crippen molar-refractivity contribution < 1.29 is 8.42 Å². The molecule has 0 saturated heterocycles. The van der Waals surface area contributed by atoms with Gasteiger partial charge >= 0.3 is 0 Å². The summed E-state index contributed by atoms with van der Waals surface area (Å²) in [6.45, 7) is 0. The van der Waals surface area contributed by atoms with Crippen molar-refractivity contribution in [2.24, 2.45) is 14.1 Å². The van der Waals surface area contributed by atoms with Crippen molar-refractivity contribution >= 4 is 26.7 Å². The fourth-order valence-corrected chi connectivity index (χ4v) is 4.29. The zero-order chi connectivity index (χ0) is 22.3. The molecule has 4 heterocycles. The van der Waals surface area contributed by atoms with Gasteiger partial charge in [0.05, 0.1) is 47.3 Å². The number of sulfonamides is 1. The van der Waals surface area contributed by atoms with Crippen LogP contribution in [0.3, 0.4) is 0 Å². The maximum atomic E-state index is 12.6. The van der Waals surface area contributed by atoms with Crippen LogP contribution in [0, 0.1) is 0 Å². The summed E-state index contributed by atoms with van der Waals surface area (Å²) in [5.74, 6) is 0. The van der Waals surface area contributed by atoms with E-state index in [9.17, 15) is 8.42 Å². The molecule has 0 fully saturated rings. The number of benzene rings is 1. The molecular formula is C21H18N8O2S. The lowest BCUT2D eigenvalue weighted by Gasteiger charge is -2.08. The largest absolute Gasteiger partial charge is 0.339 e. The molecule has 0 aliphatic heterocycles. The highest BCUT2D eigenvalue weighted by atomic mass is 32.2. The van der Waals surface area contributed by atoms with Crippen molar-refractivity contribution in [1.82, 2.24) is 34.3 Å². The van der Waals surface area contributed by atoms with Crippen LogP contribution in [0.2, 0.25) is 0 Å². The minimum absolute atomic E-state index is 0.0608. The second-order valence-corrected chi connectivity index (χ2v) is 8.94. The Balaban J connectivity index is 1.48. The maximum Gasteiger partial charge on any atom is 0.280 e. The molecule has 11 heteroatoms. The number of nitrogens with zero attached hydrogens (tertiary/aromatic N) is 7. The van der Waals surface area contributed by atoms with Gasteiger partial charge < -0.3 is 4.57 Å². The van der Waals surface area contributed by atoms with Crippen molar-refractivity contribution in [2.45, 2.75) is 5.03 Å². The van der Waals surface area contributed by atoms with E-state index in [1.54, 1.807) is 41.0 Å². The fraction of sp³-hybridized carbons (Fsp3) is 0.0952. The van der Waals surface area contributed by atoms with Gasteiger partial charge in [0.25, 0.3) is 10.0 Å². The van der Waals surface area contributed by atoms with Crippen molar-refractivity contribution in [3.8, 4) is 22.4 Å². The van der Waals surface area contributed by atoms with Crippen LogP contribution in [0.4, 0.5) is 5.69 Å². The molecule has 5 rings (SSSR count). The van der Waals surface area contributed by atoms with E-state index in [1.165, 1.54) is 18.7 Å². The Morgan fingerprint density at radius 2 is 1.75 bits per heavy atom. The highest BCUT2D eigenvalue weighted by Crippen LogP contribution is 2.26. The van der Waals surface area contributed by atoms with Gasteiger partial charge in [-0.25, -0.2) is 9.97 Å². The summed E-state index contributed by atoms with van der Waals surface area (Å²) in [7, 11) is -0.262. The molecule has 0 amide bonds. The molecule has 0 spiro atoms. The maximum absolute atomic E-state index is 12.6. The second kappa shape index (κ2) is 7.54. The highest BCUT2D eigenvalue weighted by molar-refractivity contribution is 7.92. The van der Waals surface area contributed by atoms with Crippen LogP contribution >= 0.6 is 0 Å². The molecule has 0 aliphatic carbocycles. The minimum Gasteiger partial charge on any atom is -0.339 e. The summed E-state index contributed by atoms with van der Waals surface area (Å²) in [5.41, 5.74) is 4.97. The van der Waals surface area contributed by atoms with Crippen molar-refractivity contribution in [3.05, 3.63) is 67.8 Å². The number of fused-ring (bicyclic) bond motifs is 1. The number of aryl methyl sites for hydroxylation is 2. The Kier molecular flexibility index (Phi) is 4.67. The lowest BCUT2D eigenvalue weighted by atomic mass is 10.1. The molecule has 10 nitrogen and oxygen atoms in total. The van der Waals surface area contributed by atoms with E-state index in [1.807, 2.05) is 31.4 Å². The van der Waals surface area contributed by atoms with Crippen LogP contribution in [-0.4, -0.2) is 42.7 Å². The number of hydrogen-bond donors (Lipinski definition) is 1. The summed E-state index contributed by atoms with van der Waals surface area (Å²) < 4.78 is 30.9. The number of anilines is 1. The van der Waals surface area contributed by atoms with Crippen LogP contribution < -0.4 is 4.72 Å². The molecule has 0 aliphatic rings. The number of rotatable bonds is 5. The molecule has 4 aromatic heterocycles. The van der Waals surface area contributed by atoms with Gasteiger partial charge in [0.2, 0.25) is 0 Å². The van der Waals surface area contributed by atoms with Gasteiger partial charge in [0, 0.05) is 43.8 Å². The lowest BCUT2D eigenvalue weighted by Crippen LogP contribution is -2.13. The second-order valence-electron chi connectivity index (χ2n) is 7.31. The topological polar surface area (TPSA) is 120 Å². The smallest absolute Gasteiger partial charge is 0.280 e. The van der Waals surface area contributed by atoms with Gasteiger partial charge in [-0.15, -0.1) is 0 Å². The summed E-state index contributed by atoms with van der Waals surface area (Å²) >= 11 is 0. The van der Waals surface area contributed by atoms with Gasteiger partial charge in [0.15, 0.2) is 5.03 Å². The molecule has 5 aromatic rings. The predicted octanol–water partition coefficient (Wildman–Crippen LogP) is 2.63. The monoisotopic (exact) mass is 446 g/mol. The van der Waals surface area contributed by atoms with Gasteiger partial charge in [-0.1, -0.05) is 6.07 Å². The van der Waals surface area contributed by atoms with E-state index in [0.717, 1.165) is 27.9 Å². The van der Waals surface area contributed by atoms with Crippen molar-refractivity contribution in [3.63, 3.8) is 0 Å². The van der Waals surface area contributed by atoms with Crippen LogP contribution in [0.15, 0.2) is 72.8 Å².